The summed E-state index contributed by atoms with van der Waals surface area (Å²) in [6, 6.07) is 15.5. The van der Waals surface area contributed by atoms with Crippen LogP contribution in [0.15, 0.2) is 48.5 Å². The van der Waals surface area contributed by atoms with Crippen LogP contribution in [0.2, 0.25) is 0 Å². The van der Waals surface area contributed by atoms with Gasteiger partial charge in [0.15, 0.2) is 0 Å². The third-order valence-electron chi connectivity index (χ3n) is 3.72. The maximum absolute atomic E-state index is 12.8. The van der Waals surface area contributed by atoms with Crippen LogP contribution in [0, 0.1) is 5.82 Å². The molecule has 0 aliphatic heterocycles. The molecule has 1 atom stereocenters. The first-order valence-corrected chi connectivity index (χ1v) is 7.38. The van der Waals surface area contributed by atoms with E-state index >= 15 is 0 Å². The normalized spacial score (nSPS) is 12.1. The lowest BCUT2D eigenvalue weighted by Gasteiger charge is -2.11. The topological polar surface area (TPSA) is 25.8 Å². The van der Waals surface area contributed by atoms with Crippen LogP contribution in [-0.4, -0.2) is 13.2 Å². The number of hydrogen-bond acceptors (Lipinski definition) is 1. The summed E-state index contributed by atoms with van der Waals surface area (Å²) in [6.45, 7) is 3.12. The Morgan fingerprint density at radius 1 is 1.00 bits per heavy atom. The smallest absolute Gasteiger partial charge is 0.123 e. The molecular weight excluding hydrogens is 265 g/mol. The van der Waals surface area contributed by atoms with Gasteiger partial charge in [0.05, 0.1) is 13.2 Å². The van der Waals surface area contributed by atoms with Crippen LogP contribution in [0.5, 0.6) is 5.75 Å². The Bertz CT molecular complexity index is 536. The zero-order valence-electron chi connectivity index (χ0n) is 12.7. The van der Waals surface area contributed by atoms with Gasteiger partial charge in [-0.1, -0.05) is 24.3 Å². The second kappa shape index (κ2) is 7.79. The van der Waals surface area contributed by atoms with E-state index in [-0.39, 0.29) is 5.82 Å². The van der Waals surface area contributed by atoms with Crippen LogP contribution < -0.4 is 10.1 Å². The number of aryl methyl sites for hydroxylation is 1. The molecular formula is C18H23FNO+. The van der Waals surface area contributed by atoms with Gasteiger partial charge in [-0.05, 0) is 43.2 Å². The molecule has 0 radical (unpaired) electrons. The molecule has 2 aromatic rings. The lowest BCUT2D eigenvalue weighted by Crippen LogP contribution is -2.87. The summed E-state index contributed by atoms with van der Waals surface area (Å²) in [5.74, 6) is 0.723. The number of quaternary nitrogens is 1. The van der Waals surface area contributed by atoms with Crippen molar-refractivity contribution >= 4 is 0 Å². The highest BCUT2D eigenvalue weighted by Gasteiger charge is 2.06. The maximum atomic E-state index is 12.8. The Kier molecular flexibility index (Phi) is 5.76. The van der Waals surface area contributed by atoms with Crippen molar-refractivity contribution < 1.29 is 14.4 Å². The van der Waals surface area contributed by atoms with E-state index in [0.29, 0.717) is 6.04 Å². The van der Waals surface area contributed by atoms with Gasteiger partial charge >= 0.3 is 0 Å². The number of methoxy groups -OCH3 is 1. The molecule has 3 heteroatoms. The minimum Gasteiger partial charge on any atom is -0.497 e. The van der Waals surface area contributed by atoms with Crippen LogP contribution >= 0.6 is 0 Å². The Morgan fingerprint density at radius 3 is 2.24 bits per heavy atom. The van der Waals surface area contributed by atoms with Crippen molar-refractivity contribution in [3.8, 4) is 5.75 Å². The molecule has 21 heavy (non-hydrogen) atoms. The summed E-state index contributed by atoms with van der Waals surface area (Å²) in [6.07, 6.45) is 2.18. The first-order valence-electron chi connectivity index (χ1n) is 7.38. The van der Waals surface area contributed by atoms with E-state index in [4.69, 9.17) is 4.74 Å². The highest BCUT2D eigenvalue weighted by Crippen LogP contribution is 2.12. The lowest BCUT2D eigenvalue weighted by atomic mass is 10.1. The first kappa shape index (κ1) is 15.5. The fourth-order valence-electron chi connectivity index (χ4n) is 2.26. The van der Waals surface area contributed by atoms with Gasteiger partial charge in [0.25, 0.3) is 0 Å². The monoisotopic (exact) mass is 288 g/mol. The molecule has 0 aliphatic carbocycles. The molecule has 0 saturated carbocycles. The summed E-state index contributed by atoms with van der Waals surface area (Å²) in [5.41, 5.74) is 2.49. The van der Waals surface area contributed by atoms with E-state index in [2.05, 4.69) is 24.4 Å². The van der Waals surface area contributed by atoms with Gasteiger partial charge < -0.3 is 10.1 Å². The van der Waals surface area contributed by atoms with E-state index in [1.807, 2.05) is 24.3 Å². The molecule has 0 fully saturated rings. The molecule has 2 rings (SSSR count). The fraction of sp³-hybridized carbons (Fsp3) is 0.333. The van der Waals surface area contributed by atoms with E-state index in [9.17, 15) is 4.39 Å². The number of halogens is 1. The molecule has 0 unspecified atom stereocenters. The standard InChI is InChI=1S/C18H22FNO/c1-14(20-13-16-5-9-17(19)10-6-16)3-4-15-7-11-18(21-2)12-8-15/h5-12,14,20H,3-4,13H2,1-2H3/p+1/t14-/m1/s1. The lowest BCUT2D eigenvalue weighted by molar-refractivity contribution is -0.701. The van der Waals surface area contributed by atoms with Gasteiger partial charge in [-0.3, -0.25) is 0 Å². The van der Waals surface area contributed by atoms with Crippen molar-refractivity contribution in [1.82, 2.24) is 0 Å². The molecule has 0 saturated heterocycles. The Hall–Kier alpha value is -1.87. The van der Waals surface area contributed by atoms with Gasteiger partial charge in [0.2, 0.25) is 0 Å². The SMILES string of the molecule is COc1ccc(CC[C@@H](C)[NH2+]Cc2ccc(F)cc2)cc1. The first-order chi connectivity index (χ1) is 10.2. The molecule has 2 N–H and O–H groups in total. The second-order valence-electron chi connectivity index (χ2n) is 5.43. The van der Waals surface area contributed by atoms with E-state index in [1.54, 1.807) is 7.11 Å². The molecule has 2 nitrogen and oxygen atoms in total. The molecule has 0 heterocycles. The van der Waals surface area contributed by atoms with E-state index in [1.165, 1.54) is 17.7 Å². The number of nitrogens with two attached hydrogens (primary N) is 1. The van der Waals surface area contributed by atoms with Crippen molar-refractivity contribution in [3.05, 3.63) is 65.5 Å². The molecule has 0 bridgehead atoms. The predicted molar refractivity (Wildman–Crippen MR) is 82.8 cm³/mol. The van der Waals surface area contributed by atoms with Crippen LogP contribution in [-0.2, 0) is 13.0 Å². The van der Waals surface area contributed by atoms with Crippen LogP contribution in [0.4, 0.5) is 4.39 Å². The second-order valence-corrected chi connectivity index (χ2v) is 5.43. The number of rotatable bonds is 7. The average Bonchev–Trinajstić information content (AvgIpc) is 2.53. The van der Waals surface area contributed by atoms with Crippen molar-refractivity contribution in [3.63, 3.8) is 0 Å². The number of ether oxygens (including phenoxy) is 1. The van der Waals surface area contributed by atoms with E-state index in [0.717, 1.165) is 30.7 Å². The van der Waals surface area contributed by atoms with Crippen LogP contribution in [0.3, 0.4) is 0 Å². The average molecular weight is 288 g/mol. The number of hydrogen-bond donors (Lipinski definition) is 1. The third-order valence-corrected chi connectivity index (χ3v) is 3.72. The van der Waals surface area contributed by atoms with Crippen molar-refractivity contribution in [1.29, 1.82) is 0 Å². The zero-order valence-corrected chi connectivity index (χ0v) is 12.7. The maximum Gasteiger partial charge on any atom is 0.123 e. The molecule has 0 aromatic heterocycles. The zero-order chi connectivity index (χ0) is 15.1. The summed E-state index contributed by atoms with van der Waals surface area (Å²) in [5, 5.41) is 2.30. The van der Waals surface area contributed by atoms with Gasteiger partial charge in [-0.2, -0.15) is 0 Å². The highest BCUT2D eigenvalue weighted by atomic mass is 19.1. The van der Waals surface area contributed by atoms with E-state index < -0.39 is 0 Å². The van der Waals surface area contributed by atoms with Gasteiger partial charge in [0.1, 0.15) is 18.1 Å². The van der Waals surface area contributed by atoms with Gasteiger partial charge in [-0.15, -0.1) is 0 Å². The highest BCUT2D eigenvalue weighted by molar-refractivity contribution is 5.27. The quantitative estimate of drug-likeness (QED) is 0.833. The summed E-state index contributed by atoms with van der Waals surface area (Å²) >= 11 is 0. The Morgan fingerprint density at radius 2 is 1.62 bits per heavy atom. The summed E-state index contributed by atoms with van der Waals surface area (Å²) in [7, 11) is 1.68. The van der Waals surface area contributed by atoms with Crippen molar-refractivity contribution in [2.24, 2.45) is 0 Å². The Balaban J connectivity index is 1.73. The molecule has 0 spiro atoms. The predicted octanol–water partition coefficient (Wildman–Crippen LogP) is 2.92. The summed E-state index contributed by atoms with van der Waals surface area (Å²) < 4.78 is 18.0. The Labute approximate surface area is 126 Å². The minimum atomic E-state index is -0.175. The van der Waals surface area contributed by atoms with Crippen LogP contribution in [0.25, 0.3) is 0 Å². The molecule has 0 aliphatic rings. The van der Waals surface area contributed by atoms with Gasteiger partial charge in [-0.25, -0.2) is 4.39 Å². The summed E-state index contributed by atoms with van der Waals surface area (Å²) in [4.78, 5) is 0. The van der Waals surface area contributed by atoms with Crippen LogP contribution in [0.1, 0.15) is 24.5 Å². The minimum absolute atomic E-state index is 0.175. The number of benzene rings is 2. The fourth-order valence-corrected chi connectivity index (χ4v) is 2.26. The third kappa shape index (κ3) is 5.20. The van der Waals surface area contributed by atoms with Crippen molar-refractivity contribution in [2.45, 2.75) is 32.4 Å². The molecule has 0 amide bonds. The molecule has 2 aromatic carbocycles. The molecule has 112 valence electrons. The largest absolute Gasteiger partial charge is 0.497 e. The van der Waals surface area contributed by atoms with Crippen molar-refractivity contribution in [2.75, 3.05) is 7.11 Å². The van der Waals surface area contributed by atoms with Gasteiger partial charge in [0, 0.05) is 12.0 Å².